The molecule has 0 atom stereocenters. The highest BCUT2D eigenvalue weighted by atomic mass is 79.9. The molecule has 0 heterocycles. The van der Waals surface area contributed by atoms with Gasteiger partial charge in [-0.05, 0) is 36.8 Å². The van der Waals surface area contributed by atoms with Gasteiger partial charge in [0, 0.05) is 28.3 Å². The summed E-state index contributed by atoms with van der Waals surface area (Å²) in [5, 5.41) is 23.8. The molecule has 2 N–H and O–H groups in total. The largest absolute Gasteiger partial charge is 0.508 e. The lowest BCUT2D eigenvalue weighted by atomic mass is 10.1. The molecule has 110 valence electrons. The molecule has 2 aromatic rings. The van der Waals surface area contributed by atoms with Crippen molar-refractivity contribution >= 4 is 38.9 Å². The summed E-state index contributed by atoms with van der Waals surface area (Å²) in [6.07, 6.45) is 0. The Morgan fingerprint density at radius 3 is 2.76 bits per heavy atom. The fraction of sp³-hybridized carbons (Fsp3) is 0.143. The van der Waals surface area contributed by atoms with Crippen LogP contribution in [0.1, 0.15) is 11.1 Å². The second-order valence-electron chi connectivity index (χ2n) is 4.50. The zero-order valence-corrected chi connectivity index (χ0v) is 13.4. The molecule has 2 aromatic carbocycles. The van der Waals surface area contributed by atoms with E-state index in [1.807, 2.05) is 0 Å². The van der Waals surface area contributed by atoms with E-state index >= 15 is 0 Å². The molecule has 0 aliphatic heterocycles. The van der Waals surface area contributed by atoms with Gasteiger partial charge in [0.2, 0.25) is 0 Å². The van der Waals surface area contributed by atoms with Gasteiger partial charge in [-0.3, -0.25) is 10.1 Å². The number of aromatic hydroxyl groups is 1. The van der Waals surface area contributed by atoms with Gasteiger partial charge in [0.25, 0.3) is 5.69 Å². The monoisotopic (exact) mass is 370 g/mol. The summed E-state index contributed by atoms with van der Waals surface area (Å²) < 4.78 is 0.857. The fourth-order valence-corrected chi connectivity index (χ4v) is 2.52. The Labute approximate surface area is 134 Å². The van der Waals surface area contributed by atoms with Gasteiger partial charge in [0.05, 0.1) is 4.92 Å². The van der Waals surface area contributed by atoms with Crippen LogP contribution in [0.5, 0.6) is 5.75 Å². The topological polar surface area (TPSA) is 75.4 Å². The lowest BCUT2D eigenvalue weighted by molar-refractivity contribution is -0.384. The Kier molecular flexibility index (Phi) is 4.69. The average molecular weight is 372 g/mol. The second-order valence-corrected chi connectivity index (χ2v) is 5.83. The lowest BCUT2D eigenvalue weighted by Crippen LogP contribution is -2.02. The Morgan fingerprint density at radius 2 is 2.10 bits per heavy atom. The number of nitro benzene ring substituents is 1. The average Bonchev–Trinajstić information content (AvgIpc) is 2.42. The number of nitro groups is 1. The third kappa shape index (κ3) is 3.65. The molecule has 0 aliphatic carbocycles. The van der Waals surface area contributed by atoms with E-state index in [9.17, 15) is 15.2 Å². The van der Waals surface area contributed by atoms with Crippen LogP contribution in [0.4, 0.5) is 11.4 Å². The maximum atomic E-state index is 10.8. The molecule has 2 rings (SSSR count). The van der Waals surface area contributed by atoms with Crippen LogP contribution in [0, 0.1) is 17.0 Å². The smallest absolute Gasteiger partial charge is 0.288 e. The predicted octanol–water partition coefficient (Wildman–Crippen LogP) is 4.64. The van der Waals surface area contributed by atoms with Gasteiger partial charge in [-0.25, -0.2) is 0 Å². The molecule has 0 spiro atoms. The molecule has 21 heavy (non-hydrogen) atoms. The number of nitrogens with one attached hydrogen (secondary N) is 1. The summed E-state index contributed by atoms with van der Waals surface area (Å²) in [6.45, 7) is 2.13. The number of aryl methyl sites for hydroxylation is 1. The first kappa shape index (κ1) is 15.6. The number of rotatable bonds is 4. The first-order chi connectivity index (χ1) is 9.88. The van der Waals surface area contributed by atoms with Gasteiger partial charge in [-0.1, -0.05) is 27.5 Å². The van der Waals surface area contributed by atoms with Crippen molar-refractivity contribution in [3.05, 3.63) is 61.1 Å². The van der Waals surface area contributed by atoms with Crippen molar-refractivity contribution in [1.29, 1.82) is 0 Å². The summed E-state index contributed by atoms with van der Waals surface area (Å²) >= 11 is 9.24. The van der Waals surface area contributed by atoms with E-state index in [-0.39, 0.29) is 16.5 Å². The summed E-state index contributed by atoms with van der Waals surface area (Å²) in [5.41, 5.74) is 1.98. The van der Waals surface area contributed by atoms with Gasteiger partial charge in [-0.15, -0.1) is 0 Å². The van der Waals surface area contributed by atoms with Gasteiger partial charge in [-0.2, -0.15) is 0 Å². The Morgan fingerprint density at radius 1 is 1.38 bits per heavy atom. The SMILES string of the molecule is Cc1cc([N+](=O)[O-])c(Cl)cc1NCc1cc(Br)ccc1O. The summed E-state index contributed by atoms with van der Waals surface area (Å²) in [4.78, 5) is 10.3. The molecular formula is C14H12BrClN2O3. The zero-order chi connectivity index (χ0) is 15.6. The second kappa shape index (κ2) is 6.32. The molecule has 0 aromatic heterocycles. The van der Waals surface area contributed by atoms with Crippen molar-refractivity contribution in [1.82, 2.24) is 0 Å². The van der Waals surface area contributed by atoms with Crippen LogP contribution >= 0.6 is 27.5 Å². The first-order valence-electron chi connectivity index (χ1n) is 6.04. The van der Waals surface area contributed by atoms with Crippen molar-refractivity contribution in [2.75, 3.05) is 5.32 Å². The fourth-order valence-electron chi connectivity index (χ4n) is 1.88. The highest BCUT2D eigenvalue weighted by molar-refractivity contribution is 9.10. The van der Waals surface area contributed by atoms with Crippen molar-refractivity contribution in [2.24, 2.45) is 0 Å². The number of phenolic OH excluding ortho intramolecular Hbond substituents is 1. The van der Waals surface area contributed by atoms with Crippen molar-refractivity contribution in [2.45, 2.75) is 13.5 Å². The Balaban J connectivity index is 2.22. The van der Waals surface area contributed by atoms with E-state index < -0.39 is 4.92 Å². The standard InChI is InChI=1S/C14H12BrClN2O3/c1-8-4-13(18(20)21)11(16)6-12(8)17-7-9-5-10(15)2-3-14(9)19/h2-6,17,19H,7H2,1H3. The number of halogens is 2. The van der Waals surface area contributed by atoms with Crippen LogP contribution in [-0.4, -0.2) is 10.0 Å². The highest BCUT2D eigenvalue weighted by Gasteiger charge is 2.15. The third-order valence-corrected chi connectivity index (χ3v) is 3.80. The zero-order valence-electron chi connectivity index (χ0n) is 11.1. The van der Waals surface area contributed by atoms with E-state index in [2.05, 4.69) is 21.2 Å². The summed E-state index contributed by atoms with van der Waals surface area (Å²) in [5.74, 6) is 0.177. The number of anilines is 1. The molecule has 5 nitrogen and oxygen atoms in total. The van der Waals surface area contributed by atoms with Crippen LogP contribution in [-0.2, 0) is 6.54 Å². The van der Waals surface area contributed by atoms with Crippen LogP contribution < -0.4 is 5.32 Å². The molecule has 7 heteroatoms. The van der Waals surface area contributed by atoms with Crippen LogP contribution in [0.25, 0.3) is 0 Å². The predicted molar refractivity (Wildman–Crippen MR) is 86.0 cm³/mol. The minimum atomic E-state index is -0.515. The van der Waals surface area contributed by atoms with Crippen molar-refractivity contribution < 1.29 is 10.0 Å². The van der Waals surface area contributed by atoms with Crippen LogP contribution in [0.15, 0.2) is 34.8 Å². The number of nitrogens with zero attached hydrogens (tertiary/aromatic N) is 1. The van der Waals surface area contributed by atoms with Crippen molar-refractivity contribution in [3.8, 4) is 5.75 Å². The summed E-state index contributed by atoms with van der Waals surface area (Å²) in [7, 11) is 0. The number of phenols is 1. The molecule has 0 aliphatic rings. The van der Waals surface area contributed by atoms with Gasteiger partial charge < -0.3 is 10.4 Å². The molecule has 0 bridgehead atoms. The molecule has 0 radical (unpaired) electrons. The van der Waals surface area contributed by atoms with E-state index in [1.165, 1.54) is 12.1 Å². The number of benzene rings is 2. The maximum Gasteiger partial charge on any atom is 0.288 e. The Hall–Kier alpha value is -1.79. The number of hydrogen-bond donors (Lipinski definition) is 2. The van der Waals surface area contributed by atoms with E-state index in [4.69, 9.17) is 11.6 Å². The highest BCUT2D eigenvalue weighted by Crippen LogP contribution is 2.31. The summed E-state index contributed by atoms with van der Waals surface area (Å²) in [6, 6.07) is 8.07. The van der Waals surface area contributed by atoms with Crippen molar-refractivity contribution in [3.63, 3.8) is 0 Å². The minimum Gasteiger partial charge on any atom is -0.508 e. The molecule has 0 saturated heterocycles. The van der Waals surface area contributed by atoms with Gasteiger partial charge in [0.15, 0.2) is 0 Å². The quantitative estimate of drug-likeness (QED) is 0.606. The molecule has 0 amide bonds. The Bertz CT molecular complexity index is 707. The third-order valence-electron chi connectivity index (χ3n) is 3.00. The molecule has 0 unspecified atom stereocenters. The molecule has 0 saturated carbocycles. The minimum absolute atomic E-state index is 0.0755. The first-order valence-corrected chi connectivity index (χ1v) is 7.21. The van der Waals surface area contributed by atoms with E-state index in [1.54, 1.807) is 25.1 Å². The van der Waals surface area contributed by atoms with Gasteiger partial charge >= 0.3 is 0 Å². The van der Waals surface area contributed by atoms with Crippen LogP contribution in [0.2, 0.25) is 5.02 Å². The maximum absolute atomic E-state index is 10.8. The number of hydrogen-bond acceptors (Lipinski definition) is 4. The molecular weight excluding hydrogens is 360 g/mol. The normalized spacial score (nSPS) is 10.4. The van der Waals surface area contributed by atoms with E-state index in [0.717, 1.165) is 4.47 Å². The van der Waals surface area contributed by atoms with Crippen LogP contribution in [0.3, 0.4) is 0 Å². The van der Waals surface area contributed by atoms with Gasteiger partial charge in [0.1, 0.15) is 10.8 Å². The van der Waals surface area contributed by atoms with E-state index in [0.29, 0.717) is 23.4 Å². The molecule has 0 fully saturated rings. The lowest BCUT2D eigenvalue weighted by Gasteiger charge is -2.11.